The molecule has 3 nitrogen and oxygen atoms in total. The fourth-order valence-corrected chi connectivity index (χ4v) is 2.05. The van der Waals surface area contributed by atoms with Crippen LogP contribution in [0, 0.1) is 13.8 Å². The number of rotatable bonds is 7. The molecule has 0 bridgehead atoms. The van der Waals surface area contributed by atoms with E-state index in [2.05, 4.69) is 37.4 Å². The molecular formula is C18H23NO2. The second-order valence-corrected chi connectivity index (χ2v) is 4.95. The van der Waals surface area contributed by atoms with Crippen LogP contribution >= 0.6 is 0 Å². The summed E-state index contributed by atoms with van der Waals surface area (Å²) in [6.45, 7) is 8.20. The molecule has 0 saturated carbocycles. The fourth-order valence-electron chi connectivity index (χ4n) is 2.05. The Hall–Kier alpha value is -2.16. The Kier molecular flexibility index (Phi) is 5.50. The molecule has 1 N–H and O–H groups in total. The number of aryl methyl sites for hydroxylation is 2. The zero-order valence-electron chi connectivity index (χ0n) is 13.0. The zero-order valence-corrected chi connectivity index (χ0v) is 13.0. The van der Waals surface area contributed by atoms with Crippen molar-refractivity contribution in [3.8, 4) is 11.5 Å². The Bertz CT molecular complexity index is 581. The Balaban J connectivity index is 1.83. The van der Waals surface area contributed by atoms with Gasteiger partial charge in [0.2, 0.25) is 0 Å². The number of ether oxygens (including phenoxy) is 2. The SMILES string of the molecule is CCOc1ccccc1OCCNc1ccc(C)c(C)c1. The van der Waals surface area contributed by atoms with Gasteiger partial charge in [-0.2, -0.15) is 0 Å². The minimum atomic E-state index is 0.594. The highest BCUT2D eigenvalue weighted by Crippen LogP contribution is 2.26. The average Bonchev–Trinajstić information content (AvgIpc) is 2.49. The third-order valence-electron chi connectivity index (χ3n) is 3.34. The predicted molar refractivity (Wildman–Crippen MR) is 87.5 cm³/mol. The van der Waals surface area contributed by atoms with Gasteiger partial charge in [0.1, 0.15) is 6.61 Å². The van der Waals surface area contributed by atoms with E-state index in [1.54, 1.807) is 0 Å². The second kappa shape index (κ2) is 7.58. The smallest absolute Gasteiger partial charge is 0.161 e. The summed E-state index contributed by atoms with van der Waals surface area (Å²) in [7, 11) is 0. The standard InChI is InChI=1S/C18H23NO2/c1-4-20-17-7-5-6-8-18(17)21-12-11-19-16-10-9-14(2)15(3)13-16/h5-10,13,19H,4,11-12H2,1-3H3. The van der Waals surface area contributed by atoms with Gasteiger partial charge in [-0.15, -0.1) is 0 Å². The van der Waals surface area contributed by atoms with Crippen molar-refractivity contribution in [1.29, 1.82) is 0 Å². The highest BCUT2D eigenvalue weighted by molar-refractivity contribution is 5.48. The van der Waals surface area contributed by atoms with Gasteiger partial charge in [-0.1, -0.05) is 18.2 Å². The zero-order chi connectivity index (χ0) is 15.1. The van der Waals surface area contributed by atoms with Crippen LogP contribution in [0.5, 0.6) is 11.5 Å². The second-order valence-electron chi connectivity index (χ2n) is 4.95. The summed E-state index contributed by atoms with van der Waals surface area (Å²) in [6, 6.07) is 14.1. The summed E-state index contributed by atoms with van der Waals surface area (Å²) in [5.74, 6) is 1.59. The summed E-state index contributed by atoms with van der Waals surface area (Å²) in [6.07, 6.45) is 0. The van der Waals surface area contributed by atoms with E-state index < -0.39 is 0 Å². The Morgan fingerprint density at radius 3 is 2.29 bits per heavy atom. The molecule has 0 aliphatic heterocycles. The van der Waals surface area contributed by atoms with E-state index in [0.29, 0.717) is 13.2 Å². The van der Waals surface area contributed by atoms with Crippen LogP contribution in [0.2, 0.25) is 0 Å². The first-order valence-corrected chi connectivity index (χ1v) is 7.36. The summed E-state index contributed by atoms with van der Waals surface area (Å²) < 4.78 is 11.3. The Labute approximate surface area is 126 Å². The molecule has 2 aromatic rings. The monoisotopic (exact) mass is 285 g/mol. The maximum atomic E-state index is 5.78. The average molecular weight is 285 g/mol. The molecule has 21 heavy (non-hydrogen) atoms. The topological polar surface area (TPSA) is 30.5 Å². The third kappa shape index (κ3) is 4.42. The Morgan fingerprint density at radius 1 is 0.905 bits per heavy atom. The van der Waals surface area contributed by atoms with Gasteiger partial charge in [0, 0.05) is 12.2 Å². The maximum absolute atomic E-state index is 5.78. The van der Waals surface area contributed by atoms with Gasteiger partial charge in [0.15, 0.2) is 11.5 Å². The van der Waals surface area contributed by atoms with E-state index in [0.717, 1.165) is 23.7 Å². The number of benzene rings is 2. The van der Waals surface area contributed by atoms with E-state index in [1.165, 1.54) is 11.1 Å². The van der Waals surface area contributed by atoms with Crippen molar-refractivity contribution in [1.82, 2.24) is 0 Å². The maximum Gasteiger partial charge on any atom is 0.161 e. The molecule has 0 radical (unpaired) electrons. The first kappa shape index (κ1) is 15.2. The van der Waals surface area contributed by atoms with Crippen LogP contribution in [0.1, 0.15) is 18.1 Å². The van der Waals surface area contributed by atoms with Gasteiger partial charge in [-0.25, -0.2) is 0 Å². The molecule has 0 saturated heterocycles. The molecule has 0 aliphatic carbocycles. The van der Waals surface area contributed by atoms with Gasteiger partial charge in [0.05, 0.1) is 6.61 Å². The molecule has 0 spiro atoms. The van der Waals surface area contributed by atoms with E-state index in [4.69, 9.17) is 9.47 Å². The van der Waals surface area contributed by atoms with Gasteiger partial charge in [-0.05, 0) is 56.2 Å². The van der Waals surface area contributed by atoms with Crippen molar-refractivity contribution in [2.24, 2.45) is 0 Å². The summed E-state index contributed by atoms with van der Waals surface area (Å²) in [4.78, 5) is 0. The lowest BCUT2D eigenvalue weighted by Gasteiger charge is -2.13. The van der Waals surface area contributed by atoms with Crippen molar-refractivity contribution in [2.75, 3.05) is 25.1 Å². The largest absolute Gasteiger partial charge is 0.490 e. The van der Waals surface area contributed by atoms with Gasteiger partial charge in [-0.3, -0.25) is 0 Å². The number of hydrogen-bond acceptors (Lipinski definition) is 3. The number of nitrogens with one attached hydrogen (secondary N) is 1. The minimum absolute atomic E-state index is 0.594. The van der Waals surface area contributed by atoms with Crippen LogP contribution in [0.15, 0.2) is 42.5 Å². The van der Waals surface area contributed by atoms with E-state index >= 15 is 0 Å². The Morgan fingerprint density at radius 2 is 1.62 bits per heavy atom. The van der Waals surface area contributed by atoms with Crippen molar-refractivity contribution in [2.45, 2.75) is 20.8 Å². The minimum Gasteiger partial charge on any atom is -0.490 e. The van der Waals surface area contributed by atoms with Crippen LogP contribution in [0.25, 0.3) is 0 Å². The summed E-state index contributed by atoms with van der Waals surface area (Å²) in [5, 5.41) is 3.37. The quantitative estimate of drug-likeness (QED) is 0.774. The van der Waals surface area contributed by atoms with Crippen LogP contribution in [0.3, 0.4) is 0 Å². The highest BCUT2D eigenvalue weighted by Gasteiger charge is 2.03. The van der Waals surface area contributed by atoms with E-state index in [-0.39, 0.29) is 0 Å². The van der Waals surface area contributed by atoms with Crippen LogP contribution in [-0.4, -0.2) is 19.8 Å². The summed E-state index contributed by atoms with van der Waals surface area (Å²) in [5.41, 5.74) is 3.73. The predicted octanol–water partition coefficient (Wildman–Crippen LogP) is 4.19. The molecule has 3 heteroatoms. The van der Waals surface area contributed by atoms with Crippen molar-refractivity contribution >= 4 is 5.69 Å². The van der Waals surface area contributed by atoms with Gasteiger partial charge >= 0.3 is 0 Å². The molecule has 2 aromatic carbocycles. The lowest BCUT2D eigenvalue weighted by atomic mass is 10.1. The van der Waals surface area contributed by atoms with E-state index in [1.807, 2.05) is 31.2 Å². The molecule has 112 valence electrons. The molecule has 0 atom stereocenters. The summed E-state index contributed by atoms with van der Waals surface area (Å²) >= 11 is 0. The molecule has 0 unspecified atom stereocenters. The number of anilines is 1. The third-order valence-corrected chi connectivity index (χ3v) is 3.34. The van der Waals surface area contributed by atoms with Gasteiger partial charge < -0.3 is 14.8 Å². The van der Waals surface area contributed by atoms with Crippen molar-refractivity contribution in [3.05, 3.63) is 53.6 Å². The molecular weight excluding hydrogens is 262 g/mol. The van der Waals surface area contributed by atoms with Crippen LogP contribution in [-0.2, 0) is 0 Å². The molecule has 0 aliphatic rings. The molecule has 0 fully saturated rings. The van der Waals surface area contributed by atoms with Crippen molar-refractivity contribution in [3.63, 3.8) is 0 Å². The number of para-hydroxylation sites is 2. The van der Waals surface area contributed by atoms with Crippen LogP contribution < -0.4 is 14.8 Å². The van der Waals surface area contributed by atoms with E-state index in [9.17, 15) is 0 Å². The molecule has 0 heterocycles. The molecule has 0 amide bonds. The van der Waals surface area contributed by atoms with Gasteiger partial charge in [0.25, 0.3) is 0 Å². The van der Waals surface area contributed by atoms with Crippen LogP contribution in [0.4, 0.5) is 5.69 Å². The van der Waals surface area contributed by atoms with Crippen molar-refractivity contribution < 1.29 is 9.47 Å². The molecule has 0 aromatic heterocycles. The lowest BCUT2D eigenvalue weighted by Crippen LogP contribution is -2.12. The first-order chi connectivity index (χ1) is 10.2. The highest BCUT2D eigenvalue weighted by atomic mass is 16.5. The normalized spacial score (nSPS) is 10.2. The lowest BCUT2D eigenvalue weighted by molar-refractivity contribution is 0.284. The number of hydrogen-bond donors (Lipinski definition) is 1. The first-order valence-electron chi connectivity index (χ1n) is 7.36. The fraction of sp³-hybridized carbons (Fsp3) is 0.333. The molecule has 2 rings (SSSR count).